The highest BCUT2D eigenvalue weighted by Gasteiger charge is 2.11. The van der Waals surface area contributed by atoms with E-state index in [0.717, 1.165) is 27.2 Å². The molecule has 74 valence electrons. The highest BCUT2D eigenvalue weighted by atomic mass is 35.5. The number of hydrogen-bond acceptors (Lipinski definition) is 2. The summed E-state index contributed by atoms with van der Waals surface area (Å²) < 4.78 is 1.83. The third-order valence-electron chi connectivity index (χ3n) is 2.53. The second-order valence-corrected chi connectivity index (χ2v) is 3.75. The van der Waals surface area contributed by atoms with E-state index in [1.165, 1.54) is 0 Å². The lowest BCUT2D eigenvalue weighted by atomic mass is 10.1. The maximum atomic E-state index is 6.11. The summed E-state index contributed by atoms with van der Waals surface area (Å²) in [7, 11) is 1.91. The van der Waals surface area contributed by atoms with Crippen LogP contribution in [0.1, 0.15) is 11.3 Å². The summed E-state index contributed by atoms with van der Waals surface area (Å²) in [6.45, 7) is 2.49. The molecule has 0 unspecified atom stereocenters. The molecule has 0 spiro atoms. The van der Waals surface area contributed by atoms with Gasteiger partial charge in [-0.05, 0) is 18.6 Å². The molecule has 1 aromatic carbocycles. The van der Waals surface area contributed by atoms with Crippen molar-refractivity contribution in [3.05, 3.63) is 28.4 Å². The Kier molecular flexibility index (Phi) is 2.21. The lowest BCUT2D eigenvalue weighted by molar-refractivity contribution is 0.749. The summed E-state index contributed by atoms with van der Waals surface area (Å²) in [5, 5.41) is 6.15. The third kappa shape index (κ3) is 1.21. The Morgan fingerprint density at radius 2 is 2.21 bits per heavy atom. The van der Waals surface area contributed by atoms with Crippen molar-refractivity contribution in [2.24, 2.45) is 12.8 Å². The molecule has 0 aliphatic carbocycles. The van der Waals surface area contributed by atoms with Crippen LogP contribution in [-0.2, 0) is 13.6 Å². The van der Waals surface area contributed by atoms with Gasteiger partial charge < -0.3 is 5.73 Å². The first kappa shape index (κ1) is 9.49. The Hall–Kier alpha value is -1.06. The van der Waals surface area contributed by atoms with Gasteiger partial charge in [0.25, 0.3) is 0 Å². The van der Waals surface area contributed by atoms with Gasteiger partial charge in [-0.15, -0.1) is 0 Å². The zero-order chi connectivity index (χ0) is 10.3. The number of halogens is 1. The van der Waals surface area contributed by atoms with Gasteiger partial charge in [0.05, 0.1) is 10.5 Å². The van der Waals surface area contributed by atoms with Crippen LogP contribution in [0.4, 0.5) is 0 Å². The number of aryl methyl sites for hydroxylation is 2. The molecule has 0 bridgehead atoms. The van der Waals surface area contributed by atoms with Crippen molar-refractivity contribution in [1.29, 1.82) is 0 Å². The van der Waals surface area contributed by atoms with Gasteiger partial charge in [-0.1, -0.05) is 17.7 Å². The van der Waals surface area contributed by atoms with E-state index in [9.17, 15) is 0 Å². The maximum Gasteiger partial charge on any atom is 0.0985 e. The van der Waals surface area contributed by atoms with E-state index in [-0.39, 0.29) is 0 Å². The van der Waals surface area contributed by atoms with Gasteiger partial charge in [0, 0.05) is 24.7 Å². The SMILES string of the molecule is Cc1c2c(Cl)ccc(CN)c2nn1C. The molecule has 2 rings (SSSR count). The van der Waals surface area contributed by atoms with Gasteiger partial charge in [0.15, 0.2) is 0 Å². The van der Waals surface area contributed by atoms with Gasteiger partial charge in [0.1, 0.15) is 0 Å². The molecule has 0 saturated carbocycles. The van der Waals surface area contributed by atoms with Crippen LogP contribution in [0.15, 0.2) is 12.1 Å². The highest BCUT2D eigenvalue weighted by Crippen LogP contribution is 2.28. The second kappa shape index (κ2) is 3.26. The molecule has 3 nitrogen and oxygen atoms in total. The van der Waals surface area contributed by atoms with Gasteiger partial charge >= 0.3 is 0 Å². The second-order valence-electron chi connectivity index (χ2n) is 3.34. The average Bonchev–Trinajstić information content (AvgIpc) is 2.45. The Morgan fingerprint density at radius 1 is 1.50 bits per heavy atom. The van der Waals surface area contributed by atoms with Crippen LogP contribution in [0.3, 0.4) is 0 Å². The number of nitrogens with zero attached hydrogens (tertiary/aromatic N) is 2. The molecule has 0 aliphatic heterocycles. The number of hydrogen-bond donors (Lipinski definition) is 1. The topological polar surface area (TPSA) is 43.8 Å². The molecule has 2 aromatic rings. The van der Waals surface area contributed by atoms with E-state index < -0.39 is 0 Å². The molecule has 0 amide bonds. The van der Waals surface area contributed by atoms with Crippen molar-refractivity contribution in [3.8, 4) is 0 Å². The van der Waals surface area contributed by atoms with E-state index in [2.05, 4.69) is 5.10 Å². The molecule has 0 atom stereocenters. The molecule has 0 radical (unpaired) electrons. The standard InChI is InChI=1S/C10H12ClN3/c1-6-9-8(11)4-3-7(5-12)10(9)13-14(6)2/h3-4H,5,12H2,1-2H3. The van der Waals surface area contributed by atoms with Crippen molar-refractivity contribution in [2.45, 2.75) is 13.5 Å². The number of rotatable bonds is 1. The fourth-order valence-electron chi connectivity index (χ4n) is 1.62. The van der Waals surface area contributed by atoms with E-state index in [4.69, 9.17) is 17.3 Å². The summed E-state index contributed by atoms with van der Waals surface area (Å²) in [4.78, 5) is 0. The zero-order valence-electron chi connectivity index (χ0n) is 8.21. The molecule has 0 fully saturated rings. The van der Waals surface area contributed by atoms with Gasteiger partial charge in [-0.2, -0.15) is 5.10 Å². The lowest BCUT2D eigenvalue weighted by Crippen LogP contribution is -1.97. The number of fused-ring (bicyclic) bond motifs is 1. The Bertz CT molecular complexity index is 488. The first-order chi connectivity index (χ1) is 6.65. The van der Waals surface area contributed by atoms with Crippen molar-refractivity contribution in [3.63, 3.8) is 0 Å². The molecule has 2 N–H and O–H groups in total. The van der Waals surface area contributed by atoms with Gasteiger partial charge in [0.2, 0.25) is 0 Å². The molecule has 0 saturated heterocycles. The van der Waals surface area contributed by atoms with E-state index in [1.807, 2.05) is 30.8 Å². The molecule has 1 aromatic heterocycles. The Morgan fingerprint density at radius 3 is 2.86 bits per heavy atom. The minimum Gasteiger partial charge on any atom is -0.326 e. The zero-order valence-corrected chi connectivity index (χ0v) is 8.97. The molecular formula is C10H12ClN3. The van der Waals surface area contributed by atoms with Crippen LogP contribution in [0.25, 0.3) is 10.9 Å². The number of benzene rings is 1. The van der Waals surface area contributed by atoms with Crippen LogP contribution < -0.4 is 5.73 Å². The fourth-order valence-corrected chi connectivity index (χ4v) is 1.91. The van der Waals surface area contributed by atoms with Gasteiger partial charge in [-0.3, -0.25) is 4.68 Å². The number of nitrogens with two attached hydrogens (primary N) is 1. The van der Waals surface area contributed by atoms with Crippen LogP contribution in [0.2, 0.25) is 5.02 Å². The first-order valence-corrected chi connectivity index (χ1v) is 4.83. The largest absolute Gasteiger partial charge is 0.326 e. The average molecular weight is 210 g/mol. The molecular weight excluding hydrogens is 198 g/mol. The smallest absolute Gasteiger partial charge is 0.0985 e. The monoisotopic (exact) mass is 209 g/mol. The summed E-state index contributed by atoms with van der Waals surface area (Å²) in [5.74, 6) is 0. The Balaban J connectivity index is 2.91. The van der Waals surface area contributed by atoms with Crippen molar-refractivity contribution in [1.82, 2.24) is 9.78 Å². The maximum absolute atomic E-state index is 6.11. The highest BCUT2D eigenvalue weighted by molar-refractivity contribution is 6.35. The summed E-state index contributed by atoms with van der Waals surface area (Å²) in [5.41, 5.74) is 8.65. The summed E-state index contributed by atoms with van der Waals surface area (Å²) in [6, 6.07) is 3.80. The van der Waals surface area contributed by atoms with Crippen LogP contribution >= 0.6 is 11.6 Å². The minimum absolute atomic E-state index is 0.490. The fraction of sp³-hybridized carbons (Fsp3) is 0.300. The molecule has 14 heavy (non-hydrogen) atoms. The summed E-state index contributed by atoms with van der Waals surface area (Å²) in [6.07, 6.45) is 0. The van der Waals surface area contributed by atoms with Crippen LogP contribution in [0, 0.1) is 6.92 Å². The lowest BCUT2D eigenvalue weighted by Gasteiger charge is -1.99. The van der Waals surface area contributed by atoms with E-state index in [1.54, 1.807) is 0 Å². The third-order valence-corrected chi connectivity index (χ3v) is 2.84. The van der Waals surface area contributed by atoms with Crippen LogP contribution in [-0.4, -0.2) is 9.78 Å². The predicted octanol–water partition coefficient (Wildman–Crippen LogP) is 1.99. The van der Waals surface area contributed by atoms with E-state index >= 15 is 0 Å². The van der Waals surface area contributed by atoms with Crippen LogP contribution in [0.5, 0.6) is 0 Å². The van der Waals surface area contributed by atoms with Crippen molar-refractivity contribution in [2.75, 3.05) is 0 Å². The normalized spacial score (nSPS) is 11.1. The molecule has 1 heterocycles. The first-order valence-electron chi connectivity index (χ1n) is 4.46. The summed E-state index contributed by atoms with van der Waals surface area (Å²) >= 11 is 6.11. The molecule has 4 heteroatoms. The van der Waals surface area contributed by atoms with Crippen molar-refractivity contribution >= 4 is 22.5 Å². The predicted molar refractivity (Wildman–Crippen MR) is 58.4 cm³/mol. The quantitative estimate of drug-likeness (QED) is 0.781. The minimum atomic E-state index is 0.490. The number of aromatic nitrogens is 2. The van der Waals surface area contributed by atoms with Crippen molar-refractivity contribution < 1.29 is 0 Å². The molecule has 0 aliphatic rings. The van der Waals surface area contributed by atoms with Gasteiger partial charge in [-0.25, -0.2) is 0 Å². The van der Waals surface area contributed by atoms with E-state index in [0.29, 0.717) is 6.54 Å². The Labute approximate surface area is 87.5 Å².